The van der Waals surface area contributed by atoms with Gasteiger partial charge >= 0.3 is 5.97 Å². The summed E-state index contributed by atoms with van der Waals surface area (Å²) in [6.45, 7) is 0. The largest absolute Gasteiger partial charge is 0.481 e. The summed E-state index contributed by atoms with van der Waals surface area (Å²) >= 11 is 1.50. The Kier molecular flexibility index (Phi) is 2.55. The smallest absolute Gasteiger partial charge is 0.303 e. The highest BCUT2D eigenvalue weighted by molar-refractivity contribution is 7.18. The van der Waals surface area contributed by atoms with E-state index in [1.165, 1.54) is 11.3 Å². The summed E-state index contributed by atoms with van der Waals surface area (Å²) in [5.41, 5.74) is 7.23. The van der Waals surface area contributed by atoms with Crippen LogP contribution in [0.25, 0.3) is 10.2 Å². The van der Waals surface area contributed by atoms with Gasteiger partial charge in [0, 0.05) is 12.1 Å². The summed E-state index contributed by atoms with van der Waals surface area (Å²) in [7, 11) is 0. The number of anilines is 1. The Bertz CT molecular complexity index is 507. The highest BCUT2D eigenvalue weighted by Crippen LogP contribution is 2.24. The number of carboxylic acid groups (broad SMARTS) is 1. The highest BCUT2D eigenvalue weighted by atomic mass is 32.1. The van der Waals surface area contributed by atoms with Crippen LogP contribution in [0.3, 0.4) is 0 Å². The van der Waals surface area contributed by atoms with Gasteiger partial charge in [-0.05, 0) is 18.2 Å². The second-order valence-corrected chi connectivity index (χ2v) is 4.34. The normalized spacial score (nSPS) is 10.7. The molecule has 15 heavy (non-hydrogen) atoms. The lowest BCUT2D eigenvalue weighted by atomic mass is 10.3. The quantitative estimate of drug-likeness (QED) is 0.777. The molecule has 0 fully saturated rings. The minimum Gasteiger partial charge on any atom is -0.481 e. The van der Waals surface area contributed by atoms with Gasteiger partial charge in [0.1, 0.15) is 0 Å². The van der Waals surface area contributed by atoms with Crippen LogP contribution < -0.4 is 5.73 Å². The highest BCUT2D eigenvalue weighted by Gasteiger charge is 2.05. The summed E-state index contributed by atoms with van der Waals surface area (Å²) in [6.07, 6.45) is 0.601. The molecule has 5 heteroatoms. The van der Waals surface area contributed by atoms with E-state index in [9.17, 15) is 4.79 Å². The third-order valence-electron chi connectivity index (χ3n) is 2.01. The Morgan fingerprint density at radius 3 is 3.07 bits per heavy atom. The molecule has 0 aliphatic carbocycles. The fourth-order valence-electron chi connectivity index (χ4n) is 1.31. The van der Waals surface area contributed by atoms with Gasteiger partial charge in [-0.2, -0.15) is 0 Å². The van der Waals surface area contributed by atoms with E-state index in [0.29, 0.717) is 12.1 Å². The fraction of sp³-hybridized carbons (Fsp3) is 0.200. The van der Waals surface area contributed by atoms with Gasteiger partial charge in [0.05, 0.1) is 21.6 Å². The summed E-state index contributed by atoms with van der Waals surface area (Å²) in [5, 5.41) is 9.40. The van der Waals surface area contributed by atoms with Gasteiger partial charge < -0.3 is 10.8 Å². The molecule has 0 unspecified atom stereocenters. The predicted molar refractivity (Wildman–Crippen MR) is 60.0 cm³/mol. The maximum atomic E-state index is 10.4. The van der Waals surface area contributed by atoms with E-state index in [2.05, 4.69) is 4.98 Å². The number of hydrogen-bond acceptors (Lipinski definition) is 4. The Labute approximate surface area is 90.4 Å². The molecule has 0 atom stereocenters. The topological polar surface area (TPSA) is 76.2 Å². The minimum atomic E-state index is -0.797. The Hall–Kier alpha value is -1.62. The van der Waals surface area contributed by atoms with Crippen molar-refractivity contribution in [1.82, 2.24) is 4.98 Å². The number of carboxylic acids is 1. The zero-order chi connectivity index (χ0) is 10.8. The number of aryl methyl sites for hydroxylation is 1. The van der Waals surface area contributed by atoms with Crippen molar-refractivity contribution in [2.24, 2.45) is 0 Å². The number of thiazole rings is 1. The molecule has 2 aromatic rings. The van der Waals surface area contributed by atoms with Crippen molar-refractivity contribution in [1.29, 1.82) is 0 Å². The van der Waals surface area contributed by atoms with Crippen LogP contribution in [0.4, 0.5) is 5.69 Å². The van der Waals surface area contributed by atoms with E-state index in [1.807, 2.05) is 12.1 Å². The number of nitrogens with two attached hydrogens (primary N) is 1. The molecule has 2 rings (SSSR count). The van der Waals surface area contributed by atoms with Crippen LogP contribution in [0, 0.1) is 0 Å². The molecule has 4 nitrogen and oxygen atoms in total. The molecule has 0 bridgehead atoms. The van der Waals surface area contributed by atoms with E-state index in [4.69, 9.17) is 10.8 Å². The fourth-order valence-corrected chi connectivity index (χ4v) is 2.32. The lowest BCUT2D eigenvalue weighted by molar-refractivity contribution is -0.136. The Morgan fingerprint density at radius 1 is 1.53 bits per heavy atom. The lowest BCUT2D eigenvalue weighted by Gasteiger charge is -1.89. The Morgan fingerprint density at radius 2 is 2.33 bits per heavy atom. The number of hydrogen-bond donors (Lipinski definition) is 2. The van der Waals surface area contributed by atoms with Crippen LogP contribution in [-0.4, -0.2) is 16.1 Å². The standard InChI is InChI=1S/C10H10N2O2S/c11-6-1-2-7-8(5-6)15-9(12-7)3-4-10(13)14/h1-2,5H,3-4,11H2,(H,13,14). The van der Waals surface area contributed by atoms with Crippen molar-refractivity contribution in [3.05, 3.63) is 23.2 Å². The van der Waals surface area contributed by atoms with Gasteiger partial charge in [0.15, 0.2) is 0 Å². The van der Waals surface area contributed by atoms with Gasteiger partial charge in [0.25, 0.3) is 0 Å². The van der Waals surface area contributed by atoms with Crippen LogP contribution in [0.2, 0.25) is 0 Å². The second-order valence-electron chi connectivity index (χ2n) is 3.23. The molecular formula is C10H10N2O2S. The second kappa shape index (κ2) is 3.86. The van der Waals surface area contributed by atoms with Gasteiger partial charge in [-0.15, -0.1) is 11.3 Å². The van der Waals surface area contributed by atoms with Crippen LogP contribution in [0.5, 0.6) is 0 Å². The van der Waals surface area contributed by atoms with Crippen LogP contribution in [-0.2, 0) is 11.2 Å². The van der Waals surface area contributed by atoms with Gasteiger partial charge in [-0.1, -0.05) is 0 Å². The van der Waals surface area contributed by atoms with E-state index in [0.717, 1.165) is 15.2 Å². The van der Waals surface area contributed by atoms with Gasteiger partial charge in [-0.25, -0.2) is 4.98 Å². The predicted octanol–water partition coefficient (Wildman–Crippen LogP) is 1.90. The maximum absolute atomic E-state index is 10.4. The van der Waals surface area contributed by atoms with E-state index < -0.39 is 5.97 Å². The molecule has 3 N–H and O–H groups in total. The van der Waals surface area contributed by atoms with Crippen molar-refractivity contribution in [3.63, 3.8) is 0 Å². The minimum absolute atomic E-state index is 0.120. The van der Waals surface area contributed by atoms with Crippen molar-refractivity contribution in [3.8, 4) is 0 Å². The summed E-state index contributed by atoms with van der Waals surface area (Å²) < 4.78 is 1.01. The number of carbonyl (C=O) groups is 1. The molecule has 0 amide bonds. The average Bonchev–Trinajstić information content (AvgIpc) is 2.56. The molecule has 0 aliphatic heterocycles. The van der Waals surface area contributed by atoms with E-state index in [1.54, 1.807) is 6.07 Å². The molecular weight excluding hydrogens is 212 g/mol. The number of fused-ring (bicyclic) bond motifs is 1. The molecule has 78 valence electrons. The zero-order valence-corrected chi connectivity index (χ0v) is 8.75. The molecule has 0 aliphatic rings. The SMILES string of the molecule is Nc1ccc2nc(CCC(=O)O)sc2c1. The van der Waals surface area contributed by atoms with Crippen molar-refractivity contribution < 1.29 is 9.90 Å². The molecule has 1 aromatic carbocycles. The first-order valence-corrected chi connectivity index (χ1v) is 5.33. The number of benzene rings is 1. The molecule has 0 saturated carbocycles. The number of aliphatic carboxylic acids is 1. The summed E-state index contributed by atoms with van der Waals surface area (Å²) in [4.78, 5) is 14.7. The first kappa shape index (κ1) is 9.92. The number of rotatable bonds is 3. The van der Waals surface area contributed by atoms with Crippen molar-refractivity contribution >= 4 is 33.2 Å². The number of aromatic nitrogens is 1. The molecule has 0 saturated heterocycles. The zero-order valence-electron chi connectivity index (χ0n) is 7.93. The van der Waals surface area contributed by atoms with Crippen LogP contribution in [0.15, 0.2) is 18.2 Å². The first-order chi connectivity index (χ1) is 7.15. The Balaban J connectivity index is 2.27. The molecule has 1 aromatic heterocycles. The third kappa shape index (κ3) is 2.24. The maximum Gasteiger partial charge on any atom is 0.303 e. The summed E-state index contributed by atoms with van der Waals surface area (Å²) in [6, 6.07) is 5.51. The van der Waals surface area contributed by atoms with E-state index in [-0.39, 0.29) is 6.42 Å². The molecule has 1 heterocycles. The van der Waals surface area contributed by atoms with Crippen LogP contribution in [0.1, 0.15) is 11.4 Å². The van der Waals surface area contributed by atoms with E-state index >= 15 is 0 Å². The molecule has 0 spiro atoms. The lowest BCUT2D eigenvalue weighted by Crippen LogP contribution is -1.96. The van der Waals surface area contributed by atoms with Crippen LogP contribution >= 0.6 is 11.3 Å². The summed E-state index contributed by atoms with van der Waals surface area (Å²) in [5.74, 6) is -0.797. The van der Waals surface area contributed by atoms with Gasteiger partial charge in [-0.3, -0.25) is 4.79 Å². The first-order valence-electron chi connectivity index (χ1n) is 4.52. The third-order valence-corrected chi connectivity index (χ3v) is 3.09. The number of nitrogens with zero attached hydrogens (tertiary/aromatic N) is 1. The van der Waals surface area contributed by atoms with Crippen molar-refractivity contribution in [2.75, 3.05) is 5.73 Å². The molecule has 0 radical (unpaired) electrons. The number of nitrogen functional groups attached to an aromatic ring is 1. The monoisotopic (exact) mass is 222 g/mol. The van der Waals surface area contributed by atoms with Gasteiger partial charge in [0.2, 0.25) is 0 Å². The average molecular weight is 222 g/mol. The van der Waals surface area contributed by atoms with Crippen molar-refractivity contribution in [2.45, 2.75) is 12.8 Å².